The highest BCUT2D eigenvalue weighted by atomic mass is 127. The summed E-state index contributed by atoms with van der Waals surface area (Å²) in [7, 11) is 0. The van der Waals surface area contributed by atoms with Crippen LogP contribution in [0.1, 0.15) is 31.2 Å². The molecule has 2 rings (SSSR count). The van der Waals surface area contributed by atoms with E-state index in [9.17, 15) is 0 Å². The topological polar surface area (TPSA) is 64.4 Å². The summed E-state index contributed by atoms with van der Waals surface area (Å²) in [6.07, 6.45) is 4.85. The Morgan fingerprint density at radius 3 is 2.50 bits per heavy atom. The molecule has 0 aromatic heterocycles. The minimum absolute atomic E-state index is 0. The lowest BCUT2D eigenvalue weighted by Gasteiger charge is -2.28. The number of benzene rings is 1. The molecule has 1 saturated carbocycles. The summed E-state index contributed by atoms with van der Waals surface area (Å²) in [5, 5.41) is 0. The van der Waals surface area contributed by atoms with Gasteiger partial charge in [-0.3, -0.25) is 4.99 Å². The Hall–Kier alpha value is -0.300. The first-order valence-electron chi connectivity index (χ1n) is 5.94. The highest BCUT2D eigenvalue weighted by molar-refractivity contribution is 14.0. The van der Waals surface area contributed by atoms with E-state index in [2.05, 4.69) is 39.1 Å². The molecular weight excluding hydrogens is 405 g/mol. The van der Waals surface area contributed by atoms with Crippen LogP contribution < -0.4 is 11.5 Å². The van der Waals surface area contributed by atoms with Crippen LogP contribution in [-0.2, 0) is 5.41 Å². The fourth-order valence-corrected chi connectivity index (χ4v) is 3.05. The van der Waals surface area contributed by atoms with Gasteiger partial charge in [0.05, 0.1) is 6.54 Å². The van der Waals surface area contributed by atoms with E-state index in [1.54, 1.807) is 0 Å². The van der Waals surface area contributed by atoms with Crippen LogP contribution in [-0.4, -0.2) is 12.5 Å². The van der Waals surface area contributed by atoms with Crippen molar-refractivity contribution >= 4 is 45.9 Å². The number of hydrogen-bond donors (Lipinski definition) is 2. The second-order valence-corrected chi connectivity index (χ2v) is 5.65. The van der Waals surface area contributed by atoms with Gasteiger partial charge in [-0.15, -0.1) is 24.0 Å². The number of hydrogen-bond acceptors (Lipinski definition) is 1. The average molecular weight is 424 g/mol. The van der Waals surface area contributed by atoms with E-state index >= 15 is 0 Å². The highest BCUT2D eigenvalue weighted by Crippen LogP contribution is 2.41. The molecule has 100 valence electrons. The van der Waals surface area contributed by atoms with Gasteiger partial charge in [-0.25, -0.2) is 0 Å². The smallest absolute Gasteiger partial charge is 0.185 e. The zero-order valence-corrected chi connectivity index (χ0v) is 14.1. The largest absolute Gasteiger partial charge is 0.370 e. The van der Waals surface area contributed by atoms with Crippen LogP contribution in [0.15, 0.2) is 33.7 Å². The van der Waals surface area contributed by atoms with Gasteiger partial charge < -0.3 is 11.5 Å². The standard InChI is InChI=1S/C13H18BrN3.HI/c14-11-5-3-4-10(8-11)13(6-1-2-7-13)9-17-12(15)16;/h3-5,8H,1-2,6-7,9H2,(H4,15,16,17);1H. The first-order chi connectivity index (χ1) is 8.12. The van der Waals surface area contributed by atoms with Crippen molar-refractivity contribution in [2.75, 3.05) is 6.54 Å². The molecule has 0 saturated heterocycles. The molecule has 0 aliphatic heterocycles. The maximum atomic E-state index is 5.46. The maximum absolute atomic E-state index is 5.46. The maximum Gasteiger partial charge on any atom is 0.185 e. The monoisotopic (exact) mass is 423 g/mol. The van der Waals surface area contributed by atoms with Crippen LogP contribution in [0, 0.1) is 0 Å². The molecular formula is C13H19BrIN3. The molecule has 0 amide bonds. The molecule has 1 aromatic carbocycles. The molecule has 0 radical (unpaired) electrons. The average Bonchev–Trinajstić information content (AvgIpc) is 2.76. The number of rotatable bonds is 3. The summed E-state index contributed by atoms with van der Waals surface area (Å²) >= 11 is 3.53. The summed E-state index contributed by atoms with van der Waals surface area (Å²) in [5.41, 5.74) is 12.4. The molecule has 1 aromatic rings. The van der Waals surface area contributed by atoms with Gasteiger partial charge in [-0.05, 0) is 30.5 Å². The quantitative estimate of drug-likeness (QED) is 0.445. The lowest BCUT2D eigenvalue weighted by molar-refractivity contribution is 0.454. The van der Waals surface area contributed by atoms with Crippen molar-refractivity contribution in [2.45, 2.75) is 31.1 Å². The van der Waals surface area contributed by atoms with E-state index in [1.165, 1.54) is 31.2 Å². The van der Waals surface area contributed by atoms with Crippen LogP contribution in [0.5, 0.6) is 0 Å². The summed E-state index contributed by atoms with van der Waals surface area (Å²) < 4.78 is 1.12. The molecule has 5 heteroatoms. The van der Waals surface area contributed by atoms with Crippen molar-refractivity contribution in [1.82, 2.24) is 0 Å². The second kappa shape index (κ2) is 6.75. The minimum atomic E-state index is 0. The molecule has 0 bridgehead atoms. The molecule has 1 fully saturated rings. The van der Waals surface area contributed by atoms with Crippen LogP contribution in [0.2, 0.25) is 0 Å². The lowest BCUT2D eigenvalue weighted by atomic mass is 9.79. The number of nitrogens with two attached hydrogens (primary N) is 2. The van der Waals surface area contributed by atoms with E-state index in [1.807, 2.05) is 6.07 Å². The van der Waals surface area contributed by atoms with E-state index < -0.39 is 0 Å². The predicted octanol–water partition coefficient (Wildman–Crippen LogP) is 3.15. The SMILES string of the molecule is I.NC(N)=NCC1(c2cccc(Br)c2)CCCC1. The van der Waals surface area contributed by atoms with Crippen molar-refractivity contribution < 1.29 is 0 Å². The van der Waals surface area contributed by atoms with Crippen LogP contribution in [0.4, 0.5) is 0 Å². The van der Waals surface area contributed by atoms with Crippen molar-refractivity contribution in [2.24, 2.45) is 16.5 Å². The van der Waals surface area contributed by atoms with Crippen molar-refractivity contribution in [3.63, 3.8) is 0 Å². The van der Waals surface area contributed by atoms with Crippen LogP contribution in [0.3, 0.4) is 0 Å². The number of nitrogens with zero attached hydrogens (tertiary/aromatic N) is 1. The zero-order chi connectivity index (χ0) is 12.3. The predicted molar refractivity (Wildman–Crippen MR) is 90.4 cm³/mol. The van der Waals surface area contributed by atoms with E-state index in [4.69, 9.17) is 11.5 Å². The fraction of sp³-hybridized carbons (Fsp3) is 0.462. The third kappa shape index (κ3) is 3.60. The van der Waals surface area contributed by atoms with Gasteiger partial charge in [0.2, 0.25) is 0 Å². The Morgan fingerprint density at radius 2 is 1.94 bits per heavy atom. The van der Waals surface area contributed by atoms with Crippen molar-refractivity contribution in [3.8, 4) is 0 Å². The molecule has 0 heterocycles. The molecule has 0 unspecified atom stereocenters. The number of guanidine groups is 1. The zero-order valence-electron chi connectivity index (χ0n) is 10.2. The Labute approximate surface area is 134 Å². The second-order valence-electron chi connectivity index (χ2n) is 4.74. The molecule has 0 spiro atoms. The van der Waals surface area contributed by atoms with Crippen molar-refractivity contribution in [1.29, 1.82) is 0 Å². The normalized spacial score (nSPS) is 16.9. The lowest BCUT2D eigenvalue weighted by Crippen LogP contribution is -2.30. The summed E-state index contributed by atoms with van der Waals surface area (Å²) in [4.78, 5) is 4.24. The highest BCUT2D eigenvalue weighted by Gasteiger charge is 2.35. The minimum Gasteiger partial charge on any atom is -0.370 e. The third-order valence-electron chi connectivity index (χ3n) is 3.56. The number of aliphatic imine (C=N–C) groups is 1. The van der Waals surface area contributed by atoms with Crippen molar-refractivity contribution in [3.05, 3.63) is 34.3 Å². The van der Waals surface area contributed by atoms with Crippen LogP contribution >= 0.6 is 39.9 Å². The molecule has 3 nitrogen and oxygen atoms in total. The molecule has 18 heavy (non-hydrogen) atoms. The summed E-state index contributed by atoms with van der Waals surface area (Å²) in [6.45, 7) is 0.700. The summed E-state index contributed by atoms with van der Waals surface area (Å²) in [5.74, 6) is 0.186. The van der Waals surface area contributed by atoms with Gasteiger partial charge in [0.1, 0.15) is 0 Å². The first kappa shape index (κ1) is 15.8. The Bertz CT molecular complexity index is 424. The van der Waals surface area contributed by atoms with Gasteiger partial charge in [-0.1, -0.05) is 40.9 Å². The summed E-state index contributed by atoms with van der Waals surface area (Å²) in [6, 6.07) is 8.49. The number of halogens is 2. The van der Waals surface area contributed by atoms with E-state index in [-0.39, 0.29) is 35.4 Å². The van der Waals surface area contributed by atoms with E-state index in [0.717, 1.165) is 4.47 Å². The Balaban J connectivity index is 0.00000162. The Kier molecular flexibility index (Phi) is 5.91. The Morgan fingerprint density at radius 1 is 1.28 bits per heavy atom. The van der Waals surface area contributed by atoms with Crippen LogP contribution in [0.25, 0.3) is 0 Å². The van der Waals surface area contributed by atoms with Gasteiger partial charge in [-0.2, -0.15) is 0 Å². The fourth-order valence-electron chi connectivity index (χ4n) is 2.65. The molecule has 1 aliphatic carbocycles. The van der Waals surface area contributed by atoms with Gasteiger partial charge in [0.15, 0.2) is 5.96 Å². The van der Waals surface area contributed by atoms with Gasteiger partial charge in [0, 0.05) is 9.89 Å². The first-order valence-corrected chi connectivity index (χ1v) is 6.73. The third-order valence-corrected chi connectivity index (χ3v) is 4.06. The van der Waals surface area contributed by atoms with Gasteiger partial charge >= 0.3 is 0 Å². The molecule has 1 aliphatic rings. The molecule has 0 atom stereocenters. The van der Waals surface area contributed by atoms with E-state index in [0.29, 0.717) is 6.54 Å². The molecule has 4 N–H and O–H groups in total. The van der Waals surface area contributed by atoms with Gasteiger partial charge in [0.25, 0.3) is 0 Å².